The Hall–Kier alpha value is -2.93. The number of carbonyl (C=O) groups is 1. The Morgan fingerprint density at radius 3 is 2.14 bits per heavy atom. The number of methoxy groups -OCH3 is 2. The molecule has 0 aliphatic rings. The lowest BCUT2D eigenvalue weighted by atomic mass is 10.1. The second-order valence-electron chi connectivity index (χ2n) is 7.22. The summed E-state index contributed by atoms with van der Waals surface area (Å²) in [6.45, 7) is 0.905. The van der Waals surface area contributed by atoms with Gasteiger partial charge in [-0.2, -0.15) is 0 Å². The van der Waals surface area contributed by atoms with Crippen molar-refractivity contribution in [2.75, 3.05) is 53.9 Å². The van der Waals surface area contributed by atoms with Crippen LogP contribution < -0.4 is 25.0 Å². The van der Waals surface area contributed by atoms with Gasteiger partial charge in [-0.3, -0.25) is 0 Å². The van der Waals surface area contributed by atoms with Crippen LogP contribution in [0.1, 0.15) is 17.2 Å². The van der Waals surface area contributed by atoms with Crippen LogP contribution in [-0.4, -0.2) is 59.9 Å². The Bertz CT molecular complexity index is 791. The topological polar surface area (TPSA) is 66.1 Å². The SMILES string of the molecule is COc1ccc(CNC(=O)NCC(c2ccc(N(C)C)cc2)N(C)C)cc1OC. The molecule has 0 bridgehead atoms. The molecule has 0 aromatic heterocycles. The van der Waals surface area contributed by atoms with Crippen molar-refractivity contribution in [1.82, 2.24) is 15.5 Å². The average molecular weight is 401 g/mol. The largest absolute Gasteiger partial charge is 0.493 e. The van der Waals surface area contributed by atoms with Gasteiger partial charge in [-0.05, 0) is 49.5 Å². The fourth-order valence-electron chi connectivity index (χ4n) is 3.02. The molecular formula is C22H32N4O3. The summed E-state index contributed by atoms with van der Waals surface area (Å²) in [7, 11) is 11.2. The summed E-state index contributed by atoms with van der Waals surface area (Å²) in [5.74, 6) is 1.30. The van der Waals surface area contributed by atoms with E-state index in [2.05, 4.69) is 44.7 Å². The normalized spacial score (nSPS) is 11.7. The lowest BCUT2D eigenvalue weighted by Gasteiger charge is -2.26. The molecule has 1 atom stereocenters. The minimum atomic E-state index is -0.212. The molecular weight excluding hydrogens is 368 g/mol. The molecule has 0 aliphatic carbocycles. The van der Waals surface area contributed by atoms with E-state index in [1.165, 1.54) is 0 Å². The van der Waals surface area contributed by atoms with E-state index in [-0.39, 0.29) is 12.1 Å². The predicted octanol–water partition coefficient (Wildman–Crippen LogP) is 2.87. The maximum absolute atomic E-state index is 12.3. The Kier molecular flexibility index (Phi) is 8.15. The first-order chi connectivity index (χ1) is 13.8. The second-order valence-corrected chi connectivity index (χ2v) is 7.22. The maximum Gasteiger partial charge on any atom is 0.315 e. The number of likely N-dealkylation sites (N-methyl/N-ethyl adjacent to an activating group) is 1. The Balaban J connectivity index is 1.92. The van der Waals surface area contributed by atoms with Crippen molar-refractivity contribution >= 4 is 11.7 Å². The van der Waals surface area contributed by atoms with Gasteiger partial charge in [-0.1, -0.05) is 18.2 Å². The van der Waals surface area contributed by atoms with Gasteiger partial charge in [-0.15, -0.1) is 0 Å². The number of ether oxygens (including phenoxy) is 2. The fraction of sp³-hybridized carbons (Fsp3) is 0.409. The molecule has 0 saturated carbocycles. The smallest absolute Gasteiger partial charge is 0.315 e. The molecule has 158 valence electrons. The van der Waals surface area contributed by atoms with Crippen molar-refractivity contribution in [3.8, 4) is 11.5 Å². The highest BCUT2D eigenvalue weighted by Crippen LogP contribution is 2.27. The molecule has 7 nitrogen and oxygen atoms in total. The number of hydrogen-bond acceptors (Lipinski definition) is 5. The maximum atomic E-state index is 12.3. The second kappa shape index (κ2) is 10.6. The number of amides is 2. The van der Waals surface area contributed by atoms with E-state index >= 15 is 0 Å². The van der Waals surface area contributed by atoms with Crippen molar-refractivity contribution in [1.29, 1.82) is 0 Å². The molecule has 0 heterocycles. The summed E-state index contributed by atoms with van der Waals surface area (Å²) in [5, 5.41) is 5.85. The molecule has 1 unspecified atom stereocenters. The molecule has 2 aromatic carbocycles. The minimum absolute atomic E-state index is 0.0815. The summed E-state index contributed by atoms with van der Waals surface area (Å²) in [4.78, 5) is 16.5. The van der Waals surface area contributed by atoms with E-state index in [4.69, 9.17) is 9.47 Å². The molecule has 29 heavy (non-hydrogen) atoms. The number of nitrogens with one attached hydrogen (secondary N) is 2. The molecule has 2 amide bonds. The van der Waals surface area contributed by atoms with E-state index in [1.807, 2.05) is 46.4 Å². The fourth-order valence-corrected chi connectivity index (χ4v) is 3.02. The summed E-state index contributed by atoms with van der Waals surface area (Å²) in [5.41, 5.74) is 3.23. The molecule has 0 aliphatic heterocycles. The van der Waals surface area contributed by atoms with Crippen molar-refractivity contribution in [2.45, 2.75) is 12.6 Å². The molecule has 0 fully saturated rings. The number of carbonyl (C=O) groups excluding carboxylic acids is 1. The number of anilines is 1. The molecule has 0 spiro atoms. The summed E-state index contributed by atoms with van der Waals surface area (Å²) in [6, 6.07) is 13.8. The molecule has 0 radical (unpaired) electrons. The molecule has 0 saturated heterocycles. The Morgan fingerprint density at radius 2 is 1.59 bits per heavy atom. The third kappa shape index (κ3) is 6.29. The van der Waals surface area contributed by atoms with Gasteiger partial charge in [0.05, 0.1) is 20.3 Å². The number of urea groups is 1. The summed E-state index contributed by atoms with van der Waals surface area (Å²) in [6.07, 6.45) is 0. The lowest BCUT2D eigenvalue weighted by Crippen LogP contribution is -2.40. The van der Waals surface area contributed by atoms with E-state index in [9.17, 15) is 4.79 Å². The third-order valence-corrected chi connectivity index (χ3v) is 4.77. The van der Waals surface area contributed by atoms with Gasteiger partial charge in [-0.25, -0.2) is 4.79 Å². The van der Waals surface area contributed by atoms with Gasteiger partial charge in [0.2, 0.25) is 0 Å². The van der Waals surface area contributed by atoms with Crippen LogP contribution in [-0.2, 0) is 6.54 Å². The van der Waals surface area contributed by atoms with Crippen molar-refractivity contribution < 1.29 is 14.3 Å². The quantitative estimate of drug-likeness (QED) is 0.678. The molecule has 2 rings (SSSR count). The summed E-state index contributed by atoms with van der Waals surface area (Å²) < 4.78 is 10.5. The van der Waals surface area contributed by atoms with Gasteiger partial charge in [0.15, 0.2) is 11.5 Å². The summed E-state index contributed by atoms with van der Waals surface area (Å²) >= 11 is 0. The highest BCUT2D eigenvalue weighted by Gasteiger charge is 2.15. The van der Waals surface area contributed by atoms with Crippen molar-refractivity contribution in [3.05, 3.63) is 53.6 Å². The zero-order valence-electron chi connectivity index (χ0n) is 18.2. The standard InChI is InChI=1S/C22H32N4O3/c1-25(2)18-10-8-17(9-11-18)19(26(3)4)15-24-22(27)23-14-16-7-12-20(28-5)21(13-16)29-6/h7-13,19H,14-15H2,1-6H3,(H2,23,24,27). The van der Waals surface area contributed by atoms with Crippen LogP contribution in [0, 0.1) is 0 Å². The van der Waals surface area contributed by atoms with Gasteiger partial charge >= 0.3 is 6.03 Å². The van der Waals surface area contributed by atoms with Gasteiger partial charge in [0.1, 0.15) is 0 Å². The Labute approximate surface area is 173 Å². The number of rotatable bonds is 9. The van der Waals surface area contributed by atoms with Crippen LogP contribution in [0.3, 0.4) is 0 Å². The highest BCUT2D eigenvalue weighted by molar-refractivity contribution is 5.74. The number of nitrogens with zero attached hydrogens (tertiary/aromatic N) is 2. The first-order valence-corrected chi connectivity index (χ1v) is 9.52. The van der Waals surface area contributed by atoms with Crippen LogP contribution in [0.4, 0.5) is 10.5 Å². The van der Waals surface area contributed by atoms with E-state index in [0.717, 1.165) is 16.8 Å². The van der Waals surface area contributed by atoms with E-state index < -0.39 is 0 Å². The van der Waals surface area contributed by atoms with Crippen LogP contribution in [0.25, 0.3) is 0 Å². The molecule has 2 N–H and O–H groups in total. The molecule has 2 aromatic rings. The predicted molar refractivity (Wildman–Crippen MR) is 117 cm³/mol. The lowest BCUT2D eigenvalue weighted by molar-refractivity contribution is 0.232. The highest BCUT2D eigenvalue weighted by atomic mass is 16.5. The number of benzene rings is 2. The zero-order valence-corrected chi connectivity index (χ0v) is 18.2. The Morgan fingerprint density at radius 1 is 0.931 bits per heavy atom. The first kappa shape index (κ1) is 22.4. The van der Waals surface area contributed by atoms with Crippen molar-refractivity contribution in [3.63, 3.8) is 0 Å². The van der Waals surface area contributed by atoms with Crippen LogP contribution in [0.5, 0.6) is 11.5 Å². The van der Waals surface area contributed by atoms with Crippen LogP contribution in [0.2, 0.25) is 0 Å². The van der Waals surface area contributed by atoms with Gasteiger partial charge in [0.25, 0.3) is 0 Å². The van der Waals surface area contributed by atoms with Gasteiger partial charge in [0, 0.05) is 32.9 Å². The molecule has 7 heteroatoms. The number of hydrogen-bond donors (Lipinski definition) is 2. The van der Waals surface area contributed by atoms with Gasteiger partial charge < -0.3 is 29.9 Å². The monoisotopic (exact) mass is 400 g/mol. The minimum Gasteiger partial charge on any atom is -0.493 e. The first-order valence-electron chi connectivity index (χ1n) is 9.52. The van der Waals surface area contributed by atoms with Crippen LogP contribution in [0.15, 0.2) is 42.5 Å². The van der Waals surface area contributed by atoms with Crippen LogP contribution >= 0.6 is 0 Å². The van der Waals surface area contributed by atoms with E-state index in [0.29, 0.717) is 24.6 Å². The zero-order chi connectivity index (χ0) is 21.4. The van der Waals surface area contributed by atoms with Crippen molar-refractivity contribution in [2.24, 2.45) is 0 Å². The third-order valence-electron chi connectivity index (χ3n) is 4.77. The average Bonchev–Trinajstić information content (AvgIpc) is 2.72. The van der Waals surface area contributed by atoms with E-state index in [1.54, 1.807) is 14.2 Å².